The van der Waals surface area contributed by atoms with Crippen molar-refractivity contribution < 1.29 is 19.1 Å². The summed E-state index contributed by atoms with van der Waals surface area (Å²) >= 11 is 5.91. The second-order valence-electron chi connectivity index (χ2n) is 6.47. The molecular formula is C20H21ClN6O4. The van der Waals surface area contributed by atoms with Gasteiger partial charge in [0.05, 0.1) is 7.11 Å². The van der Waals surface area contributed by atoms with E-state index in [4.69, 9.17) is 26.8 Å². The molecule has 0 spiro atoms. The number of amides is 2. The third-order valence-corrected chi connectivity index (χ3v) is 4.55. The number of benzene rings is 2. The topological polar surface area (TPSA) is 134 Å². The molecule has 1 aromatic heterocycles. The van der Waals surface area contributed by atoms with Crippen molar-refractivity contribution in [2.45, 2.75) is 19.4 Å². The lowest BCUT2D eigenvalue weighted by atomic mass is 10.2. The van der Waals surface area contributed by atoms with E-state index in [1.54, 1.807) is 42.5 Å². The van der Waals surface area contributed by atoms with E-state index in [1.807, 2.05) is 6.92 Å². The van der Waals surface area contributed by atoms with Crippen molar-refractivity contribution >= 4 is 29.1 Å². The molecule has 0 bridgehead atoms. The maximum atomic E-state index is 12.9. The highest BCUT2D eigenvalue weighted by molar-refractivity contribution is 6.30. The van der Waals surface area contributed by atoms with E-state index in [0.29, 0.717) is 28.7 Å². The largest absolute Gasteiger partial charge is 0.493 e. The van der Waals surface area contributed by atoms with Crippen LogP contribution in [-0.2, 0) is 9.59 Å². The van der Waals surface area contributed by atoms with Crippen molar-refractivity contribution in [3.05, 3.63) is 47.5 Å². The summed E-state index contributed by atoms with van der Waals surface area (Å²) < 4.78 is 10.5. The number of carbonyl (C=O) groups is 2. The standard InChI is InChI=1S/C20H21ClN6O4/c1-3-15(27-25-19(24-26-27)12-4-6-13(21)7-5-12)20(29)23-14-8-9-16(30-2)17(10-14)31-11-18(22)28/h4-10,15H,3,11H2,1-2H3,(H2,22,28)(H,23,29). The van der Waals surface area contributed by atoms with Crippen LogP contribution in [0, 0.1) is 0 Å². The molecule has 0 aliphatic rings. The quantitative estimate of drug-likeness (QED) is 0.517. The smallest absolute Gasteiger partial charge is 0.255 e. The number of anilines is 1. The Bertz CT molecular complexity index is 1070. The molecule has 0 saturated carbocycles. The highest BCUT2D eigenvalue weighted by atomic mass is 35.5. The number of halogens is 1. The van der Waals surface area contributed by atoms with Gasteiger partial charge >= 0.3 is 0 Å². The predicted molar refractivity (Wildman–Crippen MR) is 114 cm³/mol. The number of hydrogen-bond donors (Lipinski definition) is 2. The van der Waals surface area contributed by atoms with Crippen LogP contribution in [0.4, 0.5) is 5.69 Å². The van der Waals surface area contributed by atoms with Gasteiger partial charge in [0.1, 0.15) is 0 Å². The van der Waals surface area contributed by atoms with Crippen molar-refractivity contribution in [3.63, 3.8) is 0 Å². The van der Waals surface area contributed by atoms with E-state index in [-0.39, 0.29) is 18.3 Å². The third-order valence-electron chi connectivity index (χ3n) is 4.30. The summed E-state index contributed by atoms with van der Waals surface area (Å²) in [5, 5.41) is 15.8. The zero-order chi connectivity index (χ0) is 22.4. The zero-order valence-corrected chi connectivity index (χ0v) is 17.7. The van der Waals surface area contributed by atoms with Crippen LogP contribution in [0.3, 0.4) is 0 Å². The number of nitrogens with two attached hydrogens (primary N) is 1. The van der Waals surface area contributed by atoms with Crippen LogP contribution in [0.2, 0.25) is 5.02 Å². The molecule has 0 radical (unpaired) electrons. The molecule has 3 aromatic rings. The maximum absolute atomic E-state index is 12.9. The molecule has 162 valence electrons. The Balaban J connectivity index is 1.76. The summed E-state index contributed by atoms with van der Waals surface area (Å²) in [6.07, 6.45) is 0.434. The minimum atomic E-state index is -0.689. The van der Waals surface area contributed by atoms with Gasteiger partial charge in [-0.15, -0.1) is 10.2 Å². The van der Waals surface area contributed by atoms with Crippen LogP contribution in [-0.4, -0.2) is 45.7 Å². The Labute approximate surface area is 183 Å². The number of tetrazole rings is 1. The zero-order valence-electron chi connectivity index (χ0n) is 16.9. The highest BCUT2D eigenvalue weighted by Gasteiger charge is 2.22. The molecule has 2 aromatic carbocycles. The Hall–Kier alpha value is -3.66. The Morgan fingerprint density at radius 3 is 2.58 bits per heavy atom. The van der Waals surface area contributed by atoms with E-state index in [9.17, 15) is 9.59 Å². The van der Waals surface area contributed by atoms with Gasteiger partial charge in [0.2, 0.25) is 5.82 Å². The number of ether oxygens (including phenoxy) is 2. The molecule has 31 heavy (non-hydrogen) atoms. The van der Waals surface area contributed by atoms with Gasteiger partial charge < -0.3 is 20.5 Å². The predicted octanol–water partition coefficient (Wildman–Crippen LogP) is 2.46. The van der Waals surface area contributed by atoms with Crippen molar-refractivity contribution in [1.82, 2.24) is 20.2 Å². The monoisotopic (exact) mass is 444 g/mol. The second-order valence-corrected chi connectivity index (χ2v) is 6.91. The molecule has 0 fully saturated rings. The number of rotatable bonds is 9. The molecule has 1 unspecified atom stereocenters. The summed E-state index contributed by atoms with van der Waals surface area (Å²) in [7, 11) is 1.46. The number of nitrogens with one attached hydrogen (secondary N) is 1. The molecule has 10 nitrogen and oxygen atoms in total. The Morgan fingerprint density at radius 2 is 1.94 bits per heavy atom. The normalized spacial score (nSPS) is 11.6. The van der Waals surface area contributed by atoms with Gasteiger partial charge in [-0.25, -0.2) is 0 Å². The highest BCUT2D eigenvalue weighted by Crippen LogP contribution is 2.30. The van der Waals surface area contributed by atoms with Gasteiger partial charge in [0.25, 0.3) is 11.8 Å². The van der Waals surface area contributed by atoms with Crippen LogP contribution in [0.1, 0.15) is 19.4 Å². The summed E-state index contributed by atoms with van der Waals surface area (Å²) in [5.74, 6) is 0.0901. The van der Waals surface area contributed by atoms with E-state index in [2.05, 4.69) is 20.7 Å². The van der Waals surface area contributed by atoms with E-state index in [1.165, 1.54) is 11.9 Å². The first-order valence-electron chi connectivity index (χ1n) is 9.36. The number of hydrogen-bond acceptors (Lipinski definition) is 7. The van der Waals surface area contributed by atoms with Crippen LogP contribution in [0.25, 0.3) is 11.4 Å². The van der Waals surface area contributed by atoms with Crippen molar-refractivity contribution in [2.24, 2.45) is 5.73 Å². The van der Waals surface area contributed by atoms with Crippen LogP contribution >= 0.6 is 11.6 Å². The minimum Gasteiger partial charge on any atom is -0.493 e. The number of aromatic nitrogens is 4. The van der Waals surface area contributed by atoms with Gasteiger partial charge in [-0.05, 0) is 48.0 Å². The van der Waals surface area contributed by atoms with Crippen molar-refractivity contribution in [1.29, 1.82) is 0 Å². The number of primary amides is 1. The van der Waals surface area contributed by atoms with Gasteiger partial charge in [-0.1, -0.05) is 18.5 Å². The SMILES string of the molecule is CCC(C(=O)Nc1ccc(OC)c(OCC(N)=O)c1)n1nnc(-c2ccc(Cl)cc2)n1. The molecular weight excluding hydrogens is 424 g/mol. The lowest BCUT2D eigenvalue weighted by molar-refractivity contribution is -0.120. The second kappa shape index (κ2) is 9.90. The Kier molecular flexibility index (Phi) is 7.03. The molecule has 0 saturated heterocycles. The van der Waals surface area contributed by atoms with E-state index in [0.717, 1.165) is 5.56 Å². The number of carbonyl (C=O) groups excluding carboxylic acids is 2. The first-order valence-corrected chi connectivity index (χ1v) is 9.74. The molecule has 3 N–H and O–H groups in total. The summed E-state index contributed by atoms with van der Waals surface area (Å²) in [6, 6.07) is 11.1. The van der Waals surface area contributed by atoms with Gasteiger partial charge in [-0.3, -0.25) is 9.59 Å². The molecule has 3 rings (SSSR count). The first kappa shape index (κ1) is 22.0. The third kappa shape index (κ3) is 5.48. The summed E-state index contributed by atoms with van der Waals surface area (Å²) in [5.41, 5.74) is 6.30. The number of methoxy groups -OCH3 is 1. The van der Waals surface area contributed by atoms with E-state index < -0.39 is 11.9 Å². The average molecular weight is 445 g/mol. The maximum Gasteiger partial charge on any atom is 0.255 e. The summed E-state index contributed by atoms with van der Waals surface area (Å²) in [6.45, 7) is 1.52. The summed E-state index contributed by atoms with van der Waals surface area (Å²) in [4.78, 5) is 25.1. The molecule has 1 atom stereocenters. The van der Waals surface area contributed by atoms with Crippen LogP contribution in [0.15, 0.2) is 42.5 Å². The lowest BCUT2D eigenvalue weighted by Gasteiger charge is -2.15. The number of nitrogens with zero attached hydrogens (tertiary/aromatic N) is 4. The van der Waals surface area contributed by atoms with Crippen molar-refractivity contribution in [3.8, 4) is 22.9 Å². The molecule has 11 heteroatoms. The fraction of sp³-hybridized carbons (Fsp3) is 0.250. The lowest BCUT2D eigenvalue weighted by Crippen LogP contribution is -2.27. The van der Waals surface area contributed by atoms with Gasteiger partial charge in [0, 0.05) is 22.3 Å². The van der Waals surface area contributed by atoms with Gasteiger partial charge in [0.15, 0.2) is 24.1 Å². The Morgan fingerprint density at radius 1 is 1.19 bits per heavy atom. The van der Waals surface area contributed by atoms with Crippen LogP contribution < -0.4 is 20.5 Å². The van der Waals surface area contributed by atoms with E-state index >= 15 is 0 Å². The molecule has 1 heterocycles. The van der Waals surface area contributed by atoms with Gasteiger partial charge in [-0.2, -0.15) is 4.80 Å². The minimum absolute atomic E-state index is 0.274. The molecule has 2 amide bonds. The van der Waals surface area contributed by atoms with Crippen LogP contribution in [0.5, 0.6) is 11.5 Å². The average Bonchev–Trinajstić information content (AvgIpc) is 3.23. The first-order chi connectivity index (χ1) is 14.9. The van der Waals surface area contributed by atoms with Crippen molar-refractivity contribution in [2.75, 3.05) is 19.0 Å². The molecule has 0 aliphatic heterocycles. The fourth-order valence-corrected chi connectivity index (χ4v) is 2.89. The fourth-order valence-electron chi connectivity index (χ4n) is 2.77. The molecule has 0 aliphatic carbocycles.